The molecule has 0 N–H and O–H groups in total. The number of piperidine rings is 1. The Balaban J connectivity index is 1.28. The standard InChI is InChI=1S/C30H35F3N2O6/c1-20(2)18-38-23-6-4-3-5-22(23)17-35-14-11-29(27(35)41-28(37)30(31,32)33)9-12-34(13-10-29)26(36)16-21-7-8-24-25(15-21)40-19-39-24/h3-8,15,20,27H,9-14,16-19H2,1-2H3. The van der Waals surface area contributed by atoms with Crippen LogP contribution in [0.4, 0.5) is 13.2 Å². The van der Waals surface area contributed by atoms with E-state index in [0.29, 0.717) is 68.7 Å². The summed E-state index contributed by atoms with van der Waals surface area (Å²) in [6.07, 6.45) is -4.58. The van der Waals surface area contributed by atoms with Gasteiger partial charge in [0, 0.05) is 37.2 Å². The van der Waals surface area contributed by atoms with Crippen LogP contribution in [-0.4, -0.2) is 67.1 Å². The van der Waals surface area contributed by atoms with Crippen molar-refractivity contribution in [1.82, 2.24) is 9.80 Å². The second kappa shape index (κ2) is 11.8. The van der Waals surface area contributed by atoms with Crippen LogP contribution in [-0.2, 0) is 27.3 Å². The van der Waals surface area contributed by atoms with Crippen molar-refractivity contribution in [3.63, 3.8) is 0 Å². The normalized spacial score (nSPS) is 20.0. The lowest BCUT2D eigenvalue weighted by molar-refractivity contribution is -0.220. The van der Waals surface area contributed by atoms with Crippen LogP contribution in [0.25, 0.3) is 0 Å². The highest BCUT2D eigenvalue weighted by atomic mass is 19.4. The Bertz CT molecular complexity index is 1260. The minimum absolute atomic E-state index is 0.0753. The molecule has 0 aliphatic carbocycles. The molecule has 2 fully saturated rings. The summed E-state index contributed by atoms with van der Waals surface area (Å²) in [6, 6.07) is 12.8. The maximum Gasteiger partial charge on any atom is 0.490 e. The van der Waals surface area contributed by atoms with E-state index in [1.165, 1.54) is 0 Å². The van der Waals surface area contributed by atoms with Gasteiger partial charge in [-0.05, 0) is 48.9 Å². The Labute approximate surface area is 237 Å². The van der Waals surface area contributed by atoms with Crippen LogP contribution >= 0.6 is 0 Å². The number of para-hydroxylation sites is 1. The van der Waals surface area contributed by atoms with Gasteiger partial charge in [0.1, 0.15) is 5.75 Å². The first-order chi connectivity index (χ1) is 19.5. The SMILES string of the molecule is CC(C)COc1ccccc1CN1CCC2(CCN(C(=O)Cc3ccc4c(c3)OCO4)CC2)C1OC(=O)C(F)(F)F. The molecule has 0 aromatic heterocycles. The molecule has 0 saturated carbocycles. The molecule has 1 amide bonds. The van der Waals surface area contributed by atoms with Gasteiger partial charge in [-0.15, -0.1) is 0 Å². The Morgan fingerprint density at radius 1 is 1.02 bits per heavy atom. The van der Waals surface area contributed by atoms with Gasteiger partial charge in [-0.3, -0.25) is 9.69 Å². The van der Waals surface area contributed by atoms with Crippen LogP contribution in [0.3, 0.4) is 0 Å². The van der Waals surface area contributed by atoms with E-state index in [1.807, 2.05) is 44.2 Å². The topological polar surface area (TPSA) is 77.5 Å². The smallest absolute Gasteiger partial charge is 0.490 e. The summed E-state index contributed by atoms with van der Waals surface area (Å²) < 4.78 is 61.9. The molecule has 5 rings (SSSR count). The number of rotatable bonds is 8. The van der Waals surface area contributed by atoms with E-state index in [2.05, 4.69) is 0 Å². The molecule has 2 aromatic carbocycles. The average Bonchev–Trinajstić information content (AvgIpc) is 3.53. The van der Waals surface area contributed by atoms with E-state index in [9.17, 15) is 22.8 Å². The minimum Gasteiger partial charge on any atom is -0.493 e. The summed E-state index contributed by atoms with van der Waals surface area (Å²) in [5, 5.41) is 0. The second-order valence-corrected chi connectivity index (χ2v) is 11.4. The number of amides is 1. The maximum atomic E-state index is 13.3. The maximum absolute atomic E-state index is 13.3. The van der Waals surface area contributed by atoms with Crippen LogP contribution in [0.5, 0.6) is 17.2 Å². The van der Waals surface area contributed by atoms with Crippen LogP contribution < -0.4 is 14.2 Å². The fourth-order valence-corrected chi connectivity index (χ4v) is 5.81. The molecule has 3 aliphatic rings. The number of ether oxygens (including phenoxy) is 4. The molecular formula is C30H35F3N2O6. The predicted molar refractivity (Wildman–Crippen MR) is 142 cm³/mol. The van der Waals surface area contributed by atoms with Gasteiger partial charge in [-0.2, -0.15) is 13.2 Å². The molecule has 2 aromatic rings. The lowest BCUT2D eigenvalue weighted by Crippen LogP contribution is -2.51. The summed E-state index contributed by atoms with van der Waals surface area (Å²) in [4.78, 5) is 28.7. The Kier molecular flexibility index (Phi) is 8.35. The van der Waals surface area contributed by atoms with Crippen molar-refractivity contribution >= 4 is 11.9 Å². The molecule has 1 unspecified atom stereocenters. The van der Waals surface area contributed by atoms with Crippen molar-refractivity contribution < 1.29 is 41.7 Å². The van der Waals surface area contributed by atoms with Crippen molar-refractivity contribution in [1.29, 1.82) is 0 Å². The highest BCUT2D eigenvalue weighted by Gasteiger charge is 2.54. The number of benzene rings is 2. The van der Waals surface area contributed by atoms with E-state index in [0.717, 1.165) is 11.1 Å². The number of esters is 1. The number of fused-ring (bicyclic) bond motifs is 1. The molecule has 1 spiro atoms. The van der Waals surface area contributed by atoms with Gasteiger partial charge in [0.25, 0.3) is 0 Å². The summed E-state index contributed by atoms with van der Waals surface area (Å²) in [7, 11) is 0. The van der Waals surface area contributed by atoms with E-state index in [-0.39, 0.29) is 25.7 Å². The van der Waals surface area contributed by atoms with Crippen LogP contribution in [0.15, 0.2) is 42.5 Å². The van der Waals surface area contributed by atoms with Crippen molar-refractivity contribution in [2.24, 2.45) is 11.3 Å². The molecule has 1 atom stereocenters. The Hall–Kier alpha value is -3.47. The first-order valence-electron chi connectivity index (χ1n) is 13.9. The Morgan fingerprint density at radius 3 is 2.46 bits per heavy atom. The van der Waals surface area contributed by atoms with Gasteiger partial charge in [0.15, 0.2) is 17.7 Å². The number of likely N-dealkylation sites (tertiary alicyclic amines) is 2. The highest BCUT2D eigenvalue weighted by molar-refractivity contribution is 5.79. The largest absolute Gasteiger partial charge is 0.493 e. The van der Waals surface area contributed by atoms with Gasteiger partial charge in [0.2, 0.25) is 12.7 Å². The van der Waals surface area contributed by atoms with Gasteiger partial charge in [-0.25, -0.2) is 4.79 Å². The predicted octanol–water partition coefficient (Wildman–Crippen LogP) is 4.94. The van der Waals surface area contributed by atoms with E-state index < -0.39 is 23.8 Å². The molecule has 3 aliphatic heterocycles. The second-order valence-electron chi connectivity index (χ2n) is 11.4. The zero-order valence-corrected chi connectivity index (χ0v) is 23.2. The minimum atomic E-state index is -5.10. The molecule has 0 radical (unpaired) electrons. The number of carbonyl (C=O) groups is 2. The van der Waals surface area contributed by atoms with Crippen molar-refractivity contribution in [3.05, 3.63) is 53.6 Å². The lowest BCUT2D eigenvalue weighted by atomic mass is 9.76. The number of hydrogen-bond acceptors (Lipinski definition) is 7. The third-order valence-corrected chi connectivity index (χ3v) is 8.03. The van der Waals surface area contributed by atoms with Gasteiger partial charge >= 0.3 is 12.1 Å². The number of halogens is 3. The summed E-state index contributed by atoms with van der Waals surface area (Å²) in [5.74, 6) is -0.0681. The fourth-order valence-electron chi connectivity index (χ4n) is 5.81. The Morgan fingerprint density at radius 2 is 1.73 bits per heavy atom. The molecule has 8 nitrogen and oxygen atoms in total. The first kappa shape index (κ1) is 29.0. The van der Waals surface area contributed by atoms with E-state index in [1.54, 1.807) is 21.9 Å². The molecule has 222 valence electrons. The van der Waals surface area contributed by atoms with Crippen molar-refractivity contribution in [2.75, 3.05) is 33.0 Å². The number of alkyl halides is 3. The van der Waals surface area contributed by atoms with Gasteiger partial charge in [0.05, 0.1) is 13.0 Å². The molecule has 41 heavy (non-hydrogen) atoms. The molecule has 3 heterocycles. The summed E-state index contributed by atoms with van der Waals surface area (Å²) in [5.41, 5.74) is 0.918. The van der Waals surface area contributed by atoms with Gasteiger partial charge in [-0.1, -0.05) is 38.1 Å². The highest BCUT2D eigenvalue weighted by Crippen LogP contribution is 2.47. The van der Waals surface area contributed by atoms with Gasteiger partial charge < -0.3 is 23.8 Å². The third-order valence-electron chi connectivity index (χ3n) is 8.03. The monoisotopic (exact) mass is 576 g/mol. The molecule has 2 saturated heterocycles. The zero-order valence-electron chi connectivity index (χ0n) is 23.2. The lowest BCUT2D eigenvalue weighted by Gasteiger charge is -2.43. The number of carbonyl (C=O) groups excluding carboxylic acids is 2. The quantitative estimate of drug-likeness (QED) is 0.412. The third kappa shape index (κ3) is 6.55. The molecule has 11 heteroatoms. The van der Waals surface area contributed by atoms with E-state index >= 15 is 0 Å². The summed E-state index contributed by atoms with van der Waals surface area (Å²) in [6.45, 7) is 6.18. The van der Waals surface area contributed by atoms with Crippen molar-refractivity contribution in [3.8, 4) is 17.2 Å². The van der Waals surface area contributed by atoms with Crippen LogP contribution in [0, 0.1) is 11.3 Å². The van der Waals surface area contributed by atoms with Crippen molar-refractivity contribution in [2.45, 2.75) is 58.5 Å². The summed E-state index contributed by atoms with van der Waals surface area (Å²) >= 11 is 0. The number of nitrogens with zero attached hydrogens (tertiary/aromatic N) is 2. The molecule has 0 bridgehead atoms. The molecular weight excluding hydrogens is 541 g/mol. The zero-order chi connectivity index (χ0) is 29.2. The number of hydrogen-bond donors (Lipinski definition) is 0. The van der Waals surface area contributed by atoms with Crippen LogP contribution in [0.1, 0.15) is 44.2 Å². The van der Waals surface area contributed by atoms with Crippen LogP contribution in [0.2, 0.25) is 0 Å². The average molecular weight is 577 g/mol. The first-order valence-corrected chi connectivity index (χ1v) is 13.9. The fraction of sp³-hybridized carbons (Fsp3) is 0.533. The van der Waals surface area contributed by atoms with E-state index in [4.69, 9.17) is 18.9 Å².